The van der Waals surface area contributed by atoms with E-state index in [9.17, 15) is 4.79 Å². The number of carbonyl (C=O) groups excluding carboxylic acids is 1. The summed E-state index contributed by atoms with van der Waals surface area (Å²) in [6.07, 6.45) is 8.29. The highest BCUT2D eigenvalue weighted by atomic mass is 16.5. The number of methoxy groups -OCH3 is 1. The van der Waals surface area contributed by atoms with Crippen molar-refractivity contribution in [1.82, 2.24) is 14.7 Å². The first-order chi connectivity index (χ1) is 15.6. The lowest BCUT2D eigenvalue weighted by molar-refractivity contribution is 0.129. The third kappa shape index (κ3) is 4.01. The molecular formula is C27H31N3O2. The molecule has 0 radical (unpaired) electrons. The molecule has 0 aliphatic carbocycles. The lowest BCUT2D eigenvalue weighted by Gasteiger charge is -2.34. The summed E-state index contributed by atoms with van der Waals surface area (Å²) >= 11 is 0. The van der Waals surface area contributed by atoms with E-state index in [0.717, 1.165) is 5.57 Å². The van der Waals surface area contributed by atoms with Crippen LogP contribution in [0.15, 0.2) is 97.2 Å². The van der Waals surface area contributed by atoms with Gasteiger partial charge in [-0.05, 0) is 31.6 Å². The molecule has 2 aromatic rings. The number of carbonyl (C=O) groups is 1. The molecule has 1 fully saturated rings. The summed E-state index contributed by atoms with van der Waals surface area (Å²) in [7, 11) is 5.74. The summed E-state index contributed by atoms with van der Waals surface area (Å²) in [6.45, 7) is 3.83. The standard InChI is InChI=1S/C27H31N3O2/c1-5-12-23-18-17-22(19-30(23)27(31)32-4)26-28(2)24(20-13-8-6-9-14-20)25(29(26)3)21-15-10-7-11-16-21/h5-11,13-19,23-26H,1,12H2,2-4H3/t23?,24-,25-/m0/s1. The lowest BCUT2D eigenvalue weighted by Crippen LogP contribution is -2.42. The van der Waals surface area contributed by atoms with Gasteiger partial charge < -0.3 is 4.74 Å². The number of benzene rings is 2. The van der Waals surface area contributed by atoms with Crippen molar-refractivity contribution >= 4 is 6.09 Å². The van der Waals surface area contributed by atoms with Crippen molar-refractivity contribution in [2.75, 3.05) is 21.2 Å². The molecule has 32 heavy (non-hydrogen) atoms. The van der Waals surface area contributed by atoms with Crippen LogP contribution in [0.4, 0.5) is 4.79 Å². The molecule has 1 unspecified atom stereocenters. The average molecular weight is 430 g/mol. The smallest absolute Gasteiger partial charge is 0.414 e. The van der Waals surface area contributed by atoms with Gasteiger partial charge in [0.15, 0.2) is 0 Å². The zero-order valence-electron chi connectivity index (χ0n) is 19.0. The zero-order chi connectivity index (χ0) is 22.7. The SMILES string of the molecule is C=CCC1C=CC(C2N(C)[C@@H](c3ccccc3)[C@H](c3ccccc3)N2C)=CN1C(=O)OC. The van der Waals surface area contributed by atoms with Crippen molar-refractivity contribution in [1.29, 1.82) is 0 Å². The zero-order valence-corrected chi connectivity index (χ0v) is 19.0. The molecule has 0 aromatic heterocycles. The predicted molar refractivity (Wildman–Crippen MR) is 128 cm³/mol. The quantitative estimate of drug-likeness (QED) is 0.617. The van der Waals surface area contributed by atoms with Crippen LogP contribution in [0.1, 0.15) is 29.6 Å². The van der Waals surface area contributed by atoms with E-state index in [1.807, 2.05) is 12.3 Å². The Hall–Kier alpha value is -3.15. The molecule has 5 nitrogen and oxygen atoms in total. The second kappa shape index (κ2) is 9.55. The van der Waals surface area contributed by atoms with Gasteiger partial charge in [0.05, 0.1) is 31.4 Å². The maximum Gasteiger partial charge on any atom is 0.414 e. The molecule has 0 N–H and O–H groups in total. The first kappa shape index (κ1) is 22.1. The first-order valence-electron chi connectivity index (χ1n) is 11.0. The van der Waals surface area contributed by atoms with Gasteiger partial charge >= 0.3 is 6.09 Å². The van der Waals surface area contributed by atoms with Crippen LogP contribution in [-0.2, 0) is 4.74 Å². The fraction of sp³-hybridized carbons (Fsp3) is 0.296. The van der Waals surface area contributed by atoms with E-state index in [2.05, 4.69) is 103 Å². The fourth-order valence-corrected chi connectivity index (χ4v) is 5.07. The number of hydrogen-bond acceptors (Lipinski definition) is 4. The topological polar surface area (TPSA) is 36.0 Å². The molecule has 5 heteroatoms. The van der Waals surface area contributed by atoms with Crippen molar-refractivity contribution in [2.45, 2.75) is 30.7 Å². The lowest BCUT2D eigenvalue weighted by atomic mass is 9.93. The molecule has 1 saturated heterocycles. The minimum Gasteiger partial charge on any atom is -0.452 e. The Labute approximate surface area is 190 Å². The van der Waals surface area contributed by atoms with Crippen LogP contribution in [0.3, 0.4) is 0 Å². The van der Waals surface area contributed by atoms with Crippen molar-refractivity contribution in [3.05, 3.63) is 108 Å². The largest absolute Gasteiger partial charge is 0.452 e. The molecule has 0 bridgehead atoms. The second-order valence-electron chi connectivity index (χ2n) is 8.37. The molecule has 0 spiro atoms. The van der Waals surface area contributed by atoms with Gasteiger partial charge in [-0.2, -0.15) is 0 Å². The summed E-state index contributed by atoms with van der Waals surface area (Å²) in [5, 5.41) is 0. The van der Waals surface area contributed by atoms with Gasteiger partial charge in [-0.25, -0.2) is 4.79 Å². The van der Waals surface area contributed by atoms with E-state index >= 15 is 0 Å². The Bertz CT molecular complexity index is 951. The second-order valence-corrected chi connectivity index (χ2v) is 8.37. The Balaban J connectivity index is 1.75. The maximum atomic E-state index is 12.5. The third-order valence-electron chi connectivity index (χ3n) is 6.48. The molecule has 2 aliphatic rings. The predicted octanol–water partition coefficient (Wildman–Crippen LogP) is 5.14. The van der Waals surface area contributed by atoms with Crippen molar-refractivity contribution < 1.29 is 9.53 Å². The highest BCUT2D eigenvalue weighted by Crippen LogP contribution is 2.47. The molecule has 2 aliphatic heterocycles. The molecule has 2 aromatic carbocycles. The molecule has 2 heterocycles. The summed E-state index contributed by atoms with van der Waals surface area (Å²) in [5.41, 5.74) is 3.60. The van der Waals surface area contributed by atoms with Crippen LogP contribution >= 0.6 is 0 Å². The molecule has 166 valence electrons. The van der Waals surface area contributed by atoms with Gasteiger partial charge in [-0.1, -0.05) is 78.9 Å². The normalized spacial score (nSPS) is 24.4. The highest BCUT2D eigenvalue weighted by Gasteiger charge is 2.46. The van der Waals surface area contributed by atoms with E-state index in [1.165, 1.54) is 18.2 Å². The van der Waals surface area contributed by atoms with E-state index < -0.39 is 0 Å². The van der Waals surface area contributed by atoms with E-state index in [0.29, 0.717) is 6.42 Å². The number of hydrogen-bond donors (Lipinski definition) is 0. The van der Waals surface area contributed by atoms with Crippen molar-refractivity contribution in [3.63, 3.8) is 0 Å². The number of amides is 1. The van der Waals surface area contributed by atoms with Gasteiger partial charge in [0, 0.05) is 11.8 Å². The van der Waals surface area contributed by atoms with Crippen LogP contribution in [0, 0.1) is 0 Å². The minimum absolute atomic E-state index is 0.00139. The number of likely N-dealkylation sites (N-methyl/N-ethyl adjacent to an activating group) is 2. The van der Waals surface area contributed by atoms with E-state index in [1.54, 1.807) is 4.90 Å². The van der Waals surface area contributed by atoms with Crippen LogP contribution in [0.2, 0.25) is 0 Å². The molecule has 3 atom stereocenters. The molecule has 4 rings (SSSR count). The maximum absolute atomic E-state index is 12.5. The van der Waals surface area contributed by atoms with Crippen LogP contribution in [0.25, 0.3) is 0 Å². The number of rotatable bonds is 5. The molecule has 1 amide bonds. The molecular weight excluding hydrogens is 398 g/mol. The fourth-order valence-electron chi connectivity index (χ4n) is 5.07. The van der Waals surface area contributed by atoms with Crippen molar-refractivity contribution in [2.24, 2.45) is 0 Å². The van der Waals surface area contributed by atoms with Crippen LogP contribution < -0.4 is 0 Å². The summed E-state index contributed by atoms with van der Waals surface area (Å²) in [5.74, 6) is 0. The van der Waals surface area contributed by atoms with Gasteiger partial charge in [0.2, 0.25) is 0 Å². The van der Waals surface area contributed by atoms with Crippen molar-refractivity contribution in [3.8, 4) is 0 Å². The van der Waals surface area contributed by atoms with Gasteiger partial charge in [0.25, 0.3) is 0 Å². The monoisotopic (exact) mass is 429 g/mol. The number of nitrogens with zero attached hydrogens (tertiary/aromatic N) is 3. The first-order valence-corrected chi connectivity index (χ1v) is 11.0. The summed E-state index contributed by atoms with van der Waals surface area (Å²) < 4.78 is 5.06. The Morgan fingerprint density at radius 1 is 0.969 bits per heavy atom. The summed E-state index contributed by atoms with van der Waals surface area (Å²) in [6, 6.07) is 21.5. The van der Waals surface area contributed by atoms with Gasteiger partial charge in [0.1, 0.15) is 0 Å². The van der Waals surface area contributed by atoms with Crippen LogP contribution in [-0.4, -0.2) is 54.2 Å². The van der Waals surface area contributed by atoms with E-state index in [-0.39, 0.29) is 30.4 Å². The highest BCUT2D eigenvalue weighted by molar-refractivity contribution is 5.70. The van der Waals surface area contributed by atoms with Gasteiger partial charge in [-0.3, -0.25) is 14.7 Å². The molecule has 0 saturated carbocycles. The van der Waals surface area contributed by atoms with E-state index in [4.69, 9.17) is 4.74 Å². The Kier molecular flexibility index (Phi) is 6.58. The Morgan fingerprint density at radius 3 is 1.97 bits per heavy atom. The third-order valence-corrected chi connectivity index (χ3v) is 6.48. The minimum atomic E-state index is -0.360. The summed E-state index contributed by atoms with van der Waals surface area (Å²) in [4.78, 5) is 19.0. The Morgan fingerprint density at radius 2 is 1.50 bits per heavy atom. The number of ether oxygens (including phenoxy) is 1. The van der Waals surface area contributed by atoms with Gasteiger partial charge in [-0.15, -0.1) is 6.58 Å². The average Bonchev–Trinajstić information content (AvgIpc) is 3.10. The van der Waals surface area contributed by atoms with Crippen LogP contribution in [0.5, 0.6) is 0 Å².